The lowest BCUT2D eigenvalue weighted by molar-refractivity contribution is 0.578. The number of halogens is 2. The SMILES string of the molecule is CC(C)(C)c1nnc(NP(=O)(Cl)Cl)s1. The Labute approximate surface area is 96.0 Å². The molecule has 1 aromatic heterocycles. The highest BCUT2D eigenvalue weighted by atomic mass is 35.9. The van der Waals surface area contributed by atoms with Crippen molar-refractivity contribution in [3.05, 3.63) is 5.01 Å². The molecule has 1 aromatic rings. The number of nitrogens with zero attached hydrogens (tertiary/aromatic N) is 2. The van der Waals surface area contributed by atoms with Crippen LogP contribution >= 0.6 is 39.8 Å². The normalized spacial score (nSPS) is 12.9. The molecule has 0 fully saturated rings. The van der Waals surface area contributed by atoms with E-state index < -0.39 is 6.00 Å². The maximum Gasteiger partial charge on any atom is 0.345 e. The molecule has 0 amide bonds. The van der Waals surface area contributed by atoms with E-state index in [2.05, 4.69) is 15.3 Å². The molecule has 0 aliphatic heterocycles. The van der Waals surface area contributed by atoms with Crippen LogP contribution in [0.15, 0.2) is 0 Å². The summed E-state index contributed by atoms with van der Waals surface area (Å²) in [5.41, 5.74) is -0.0831. The second-order valence-corrected chi connectivity index (χ2v) is 9.24. The minimum atomic E-state index is -3.32. The fourth-order valence-corrected chi connectivity index (χ4v) is 2.95. The molecular formula is C6H10Cl2N3OPS. The van der Waals surface area contributed by atoms with Gasteiger partial charge in [-0.3, -0.25) is 9.65 Å². The van der Waals surface area contributed by atoms with Crippen LogP contribution in [0.2, 0.25) is 0 Å². The molecular weight excluding hydrogens is 264 g/mol. The van der Waals surface area contributed by atoms with Crippen LogP contribution in [-0.2, 0) is 9.98 Å². The van der Waals surface area contributed by atoms with Gasteiger partial charge < -0.3 is 0 Å². The van der Waals surface area contributed by atoms with E-state index in [-0.39, 0.29) is 5.41 Å². The predicted molar refractivity (Wildman–Crippen MR) is 61.5 cm³/mol. The molecule has 0 saturated carbocycles. The fraction of sp³-hybridized carbons (Fsp3) is 0.667. The first-order chi connectivity index (χ1) is 6.18. The Morgan fingerprint density at radius 3 is 2.29 bits per heavy atom. The molecule has 1 rings (SSSR count). The number of nitrogens with one attached hydrogen (secondary N) is 1. The third-order valence-electron chi connectivity index (χ3n) is 1.29. The van der Waals surface area contributed by atoms with E-state index in [1.807, 2.05) is 20.8 Å². The monoisotopic (exact) mass is 273 g/mol. The lowest BCUT2D eigenvalue weighted by atomic mass is 9.98. The van der Waals surface area contributed by atoms with Crippen molar-refractivity contribution in [2.45, 2.75) is 26.2 Å². The molecule has 0 unspecified atom stereocenters. The molecule has 0 saturated heterocycles. The second-order valence-electron chi connectivity index (χ2n) is 3.74. The van der Waals surface area contributed by atoms with Gasteiger partial charge in [-0.05, 0) is 22.5 Å². The summed E-state index contributed by atoms with van der Waals surface area (Å²) in [4.78, 5) is 0. The maximum absolute atomic E-state index is 11.0. The number of anilines is 1. The summed E-state index contributed by atoms with van der Waals surface area (Å²) >= 11 is 12.0. The Bertz CT molecular complexity index is 369. The zero-order valence-corrected chi connectivity index (χ0v) is 11.1. The molecule has 4 nitrogen and oxygen atoms in total. The zero-order valence-electron chi connectivity index (χ0n) is 7.91. The van der Waals surface area contributed by atoms with Gasteiger partial charge in [-0.1, -0.05) is 32.1 Å². The van der Waals surface area contributed by atoms with Crippen molar-refractivity contribution in [2.75, 3.05) is 5.09 Å². The van der Waals surface area contributed by atoms with Gasteiger partial charge in [0.1, 0.15) is 5.01 Å². The number of rotatable bonds is 2. The molecule has 0 aliphatic carbocycles. The van der Waals surface area contributed by atoms with Crippen LogP contribution in [0, 0.1) is 0 Å². The molecule has 0 radical (unpaired) electrons. The molecule has 0 bridgehead atoms. The van der Waals surface area contributed by atoms with Gasteiger partial charge >= 0.3 is 6.00 Å². The van der Waals surface area contributed by atoms with Crippen LogP contribution in [0.4, 0.5) is 5.13 Å². The van der Waals surface area contributed by atoms with Crippen LogP contribution in [0.3, 0.4) is 0 Å². The first kappa shape index (κ1) is 12.2. The predicted octanol–water partition coefficient (Wildman–Crippen LogP) is 3.83. The first-order valence-electron chi connectivity index (χ1n) is 3.80. The van der Waals surface area contributed by atoms with Gasteiger partial charge in [0, 0.05) is 5.41 Å². The van der Waals surface area contributed by atoms with Crippen molar-refractivity contribution < 1.29 is 4.57 Å². The summed E-state index contributed by atoms with van der Waals surface area (Å²) in [6.45, 7) is 6.04. The second kappa shape index (κ2) is 3.97. The van der Waals surface area contributed by atoms with E-state index >= 15 is 0 Å². The summed E-state index contributed by atoms with van der Waals surface area (Å²) in [6, 6.07) is 0. The van der Waals surface area contributed by atoms with Gasteiger partial charge in [0.05, 0.1) is 0 Å². The number of hydrogen-bond acceptors (Lipinski definition) is 4. The van der Waals surface area contributed by atoms with E-state index in [1.165, 1.54) is 11.3 Å². The Kier molecular flexibility index (Phi) is 3.47. The highest BCUT2D eigenvalue weighted by molar-refractivity contribution is 8.09. The summed E-state index contributed by atoms with van der Waals surface area (Å²) in [6.07, 6.45) is 0. The summed E-state index contributed by atoms with van der Waals surface area (Å²) in [5.74, 6) is -3.32. The van der Waals surface area contributed by atoms with Crippen LogP contribution < -0.4 is 5.09 Å². The van der Waals surface area contributed by atoms with E-state index in [0.717, 1.165) is 5.01 Å². The first-order valence-corrected chi connectivity index (χ1v) is 8.13. The molecule has 1 N–H and O–H groups in total. The number of aromatic nitrogens is 2. The van der Waals surface area contributed by atoms with Crippen LogP contribution in [0.5, 0.6) is 0 Å². The van der Waals surface area contributed by atoms with E-state index in [0.29, 0.717) is 5.13 Å². The minimum Gasteiger partial charge on any atom is -0.287 e. The molecule has 0 aliphatic rings. The van der Waals surface area contributed by atoms with Crippen molar-refractivity contribution in [3.8, 4) is 0 Å². The average molecular weight is 274 g/mol. The standard InChI is InChI=1S/C6H10Cl2N3OPS/c1-6(2,3)4-9-10-5(14-4)11-13(7,8)12/h1-3H3,(H,10,11,12). The molecule has 8 heteroatoms. The van der Waals surface area contributed by atoms with E-state index in [9.17, 15) is 4.57 Å². The van der Waals surface area contributed by atoms with E-state index in [4.69, 9.17) is 22.5 Å². The topological polar surface area (TPSA) is 54.9 Å². The van der Waals surface area contributed by atoms with Gasteiger partial charge in [-0.2, -0.15) is 0 Å². The van der Waals surface area contributed by atoms with Crippen LogP contribution in [-0.4, -0.2) is 10.2 Å². The average Bonchev–Trinajstić information content (AvgIpc) is 2.29. The van der Waals surface area contributed by atoms with Gasteiger partial charge in [-0.25, -0.2) is 0 Å². The summed E-state index contributed by atoms with van der Waals surface area (Å²) in [7, 11) is 0. The lowest BCUT2D eigenvalue weighted by Crippen LogP contribution is -2.10. The Balaban J connectivity index is 2.85. The number of hydrogen-bond donors (Lipinski definition) is 1. The molecule has 1 heterocycles. The van der Waals surface area contributed by atoms with Crippen molar-refractivity contribution in [1.82, 2.24) is 10.2 Å². The maximum atomic E-state index is 11.0. The highest BCUT2D eigenvalue weighted by Gasteiger charge is 2.22. The van der Waals surface area contributed by atoms with Gasteiger partial charge in [0.2, 0.25) is 5.13 Å². The third kappa shape index (κ3) is 3.73. The van der Waals surface area contributed by atoms with Gasteiger partial charge in [0.15, 0.2) is 0 Å². The molecule has 14 heavy (non-hydrogen) atoms. The minimum absolute atomic E-state index is 0.0831. The highest BCUT2D eigenvalue weighted by Crippen LogP contribution is 2.56. The van der Waals surface area contributed by atoms with Crippen molar-refractivity contribution >= 4 is 44.9 Å². The van der Waals surface area contributed by atoms with Crippen LogP contribution in [0.25, 0.3) is 0 Å². The zero-order chi connectivity index (χ0) is 11.0. The van der Waals surface area contributed by atoms with Crippen molar-refractivity contribution in [2.24, 2.45) is 0 Å². The Hall–Kier alpha value is 0.170. The summed E-state index contributed by atoms with van der Waals surface area (Å²) < 4.78 is 11.0. The third-order valence-corrected chi connectivity index (χ3v) is 3.69. The van der Waals surface area contributed by atoms with Gasteiger partial charge in [0.25, 0.3) is 0 Å². The fourth-order valence-electron chi connectivity index (χ4n) is 0.683. The van der Waals surface area contributed by atoms with E-state index in [1.54, 1.807) is 0 Å². The van der Waals surface area contributed by atoms with Crippen molar-refractivity contribution in [3.63, 3.8) is 0 Å². The van der Waals surface area contributed by atoms with Crippen molar-refractivity contribution in [1.29, 1.82) is 0 Å². The van der Waals surface area contributed by atoms with Crippen LogP contribution in [0.1, 0.15) is 25.8 Å². The summed E-state index contributed by atoms with van der Waals surface area (Å²) in [5, 5.41) is 11.3. The quantitative estimate of drug-likeness (QED) is 0.832. The molecule has 0 atom stereocenters. The molecule has 80 valence electrons. The smallest absolute Gasteiger partial charge is 0.287 e. The lowest BCUT2D eigenvalue weighted by Gasteiger charge is -2.12. The molecule has 0 spiro atoms. The largest absolute Gasteiger partial charge is 0.345 e. The Morgan fingerprint density at radius 2 is 1.93 bits per heavy atom. The van der Waals surface area contributed by atoms with Gasteiger partial charge in [-0.15, -0.1) is 10.2 Å². The Morgan fingerprint density at radius 1 is 1.36 bits per heavy atom. The molecule has 0 aromatic carbocycles.